The summed E-state index contributed by atoms with van der Waals surface area (Å²) in [5, 5.41) is 8.96. The Balaban J connectivity index is 1.56. The maximum absolute atomic E-state index is 12.3. The molecule has 0 fully saturated rings. The molecule has 0 saturated heterocycles. The van der Waals surface area contributed by atoms with E-state index in [9.17, 15) is 4.79 Å². The quantitative estimate of drug-likeness (QED) is 0.507. The molecule has 4 rings (SSSR count). The molecule has 0 amide bonds. The van der Waals surface area contributed by atoms with Crippen LogP contribution in [0.4, 0.5) is 0 Å². The summed E-state index contributed by atoms with van der Waals surface area (Å²) in [6.45, 7) is 2.04. The molecule has 2 N–H and O–H groups in total. The van der Waals surface area contributed by atoms with Gasteiger partial charge in [-0.3, -0.25) is 9.89 Å². The summed E-state index contributed by atoms with van der Waals surface area (Å²) in [6.07, 6.45) is 0. The number of rotatable bonds is 4. The average Bonchev–Trinajstić information content (AvgIpc) is 3.10. The topological polar surface area (TPSA) is 74.4 Å². The fourth-order valence-corrected chi connectivity index (χ4v) is 3.67. The molecule has 4 aromatic rings. The van der Waals surface area contributed by atoms with Gasteiger partial charge in [-0.05, 0) is 25.1 Å². The van der Waals surface area contributed by atoms with Gasteiger partial charge in [-0.1, -0.05) is 53.2 Å². The molecule has 0 aliphatic rings. The molecule has 2 aromatic carbocycles. The van der Waals surface area contributed by atoms with Crippen molar-refractivity contribution in [3.05, 3.63) is 75.0 Å². The Morgan fingerprint density at radius 3 is 2.85 bits per heavy atom. The molecule has 0 saturated carbocycles. The first-order valence-electron chi connectivity index (χ1n) is 8.03. The lowest BCUT2D eigenvalue weighted by Crippen LogP contribution is -2.04. The first-order valence-corrected chi connectivity index (χ1v) is 9.39. The zero-order valence-electron chi connectivity index (χ0n) is 13.9. The van der Waals surface area contributed by atoms with Crippen molar-refractivity contribution in [2.75, 3.05) is 0 Å². The van der Waals surface area contributed by atoms with Gasteiger partial charge < -0.3 is 4.98 Å². The van der Waals surface area contributed by atoms with Gasteiger partial charge in [-0.2, -0.15) is 0 Å². The number of aryl methyl sites for hydroxylation is 1. The molecular weight excluding hydrogens is 368 g/mol. The Morgan fingerprint density at radius 1 is 1.15 bits per heavy atom. The molecule has 0 radical (unpaired) electrons. The number of nitrogens with one attached hydrogen (secondary N) is 2. The summed E-state index contributed by atoms with van der Waals surface area (Å²) in [4.78, 5) is 20.0. The van der Waals surface area contributed by atoms with Gasteiger partial charge in [0.2, 0.25) is 5.16 Å². The van der Waals surface area contributed by atoms with E-state index in [0.29, 0.717) is 26.8 Å². The molecule has 0 aliphatic carbocycles. The standard InChI is InChI=1S/C19H15ClN4OS/c1-11-4-2-5-12(8-11)18-22-19(24-23-18)26-10-13-9-16(25)14-6-3-7-15(20)17(14)21-13/h2-9H,10H2,1H3,(H,21,25)(H,22,23,24). The highest BCUT2D eigenvalue weighted by Crippen LogP contribution is 2.24. The average molecular weight is 383 g/mol. The van der Waals surface area contributed by atoms with E-state index in [1.54, 1.807) is 24.3 Å². The fourth-order valence-electron chi connectivity index (χ4n) is 2.74. The number of pyridine rings is 1. The summed E-state index contributed by atoms with van der Waals surface area (Å²) in [5.74, 6) is 1.27. The summed E-state index contributed by atoms with van der Waals surface area (Å²) in [6, 6.07) is 15.0. The molecule has 0 bridgehead atoms. The normalized spacial score (nSPS) is 11.2. The fraction of sp³-hybridized carbons (Fsp3) is 0.105. The van der Waals surface area contributed by atoms with Gasteiger partial charge in [-0.25, -0.2) is 4.98 Å². The Labute approximate surface area is 158 Å². The summed E-state index contributed by atoms with van der Waals surface area (Å²) in [5.41, 5.74) is 3.55. The van der Waals surface area contributed by atoms with Crippen LogP contribution in [-0.2, 0) is 5.75 Å². The van der Waals surface area contributed by atoms with E-state index in [-0.39, 0.29) is 5.43 Å². The third-order valence-corrected chi connectivity index (χ3v) is 5.19. The second-order valence-corrected chi connectivity index (χ2v) is 7.30. The van der Waals surface area contributed by atoms with Crippen molar-refractivity contribution < 1.29 is 0 Å². The smallest absolute Gasteiger partial charge is 0.209 e. The number of hydrogen-bond donors (Lipinski definition) is 2. The van der Waals surface area contributed by atoms with E-state index in [1.807, 2.05) is 25.1 Å². The van der Waals surface area contributed by atoms with Gasteiger partial charge in [-0.15, -0.1) is 5.10 Å². The van der Waals surface area contributed by atoms with Crippen LogP contribution >= 0.6 is 23.4 Å². The molecule has 7 heteroatoms. The van der Waals surface area contributed by atoms with E-state index in [2.05, 4.69) is 26.2 Å². The molecular formula is C19H15ClN4OS. The zero-order valence-corrected chi connectivity index (χ0v) is 15.5. The molecule has 2 aromatic heterocycles. The molecule has 0 unspecified atom stereocenters. The number of hydrogen-bond acceptors (Lipinski definition) is 4. The number of fused-ring (bicyclic) bond motifs is 1. The second kappa shape index (κ2) is 6.97. The SMILES string of the molecule is Cc1cccc(-c2nc(SCc3cc(=O)c4cccc(Cl)c4[nH]3)n[nH]2)c1. The number of H-pyrrole nitrogens is 2. The van der Waals surface area contributed by atoms with Gasteiger partial charge in [0, 0.05) is 28.5 Å². The number of para-hydroxylation sites is 1. The predicted octanol–water partition coefficient (Wildman–Crippen LogP) is 4.57. The number of thioether (sulfide) groups is 1. The zero-order chi connectivity index (χ0) is 18.1. The van der Waals surface area contributed by atoms with Crippen molar-refractivity contribution in [1.82, 2.24) is 20.2 Å². The summed E-state index contributed by atoms with van der Waals surface area (Å²) in [7, 11) is 0. The molecule has 0 aliphatic heterocycles. The lowest BCUT2D eigenvalue weighted by atomic mass is 10.1. The number of aromatic amines is 2. The molecule has 2 heterocycles. The van der Waals surface area contributed by atoms with Crippen LogP contribution in [0.25, 0.3) is 22.3 Å². The van der Waals surface area contributed by atoms with Gasteiger partial charge in [0.15, 0.2) is 11.3 Å². The van der Waals surface area contributed by atoms with Crippen molar-refractivity contribution >= 4 is 34.3 Å². The van der Waals surface area contributed by atoms with Crippen LogP contribution in [0.2, 0.25) is 5.02 Å². The third-order valence-electron chi connectivity index (χ3n) is 3.98. The Hall–Kier alpha value is -2.57. The van der Waals surface area contributed by atoms with Crippen molar-refractivity contribution in [3.8, 4) is 11.4 Å². The monoisotopic (exact) mass is 382 g/mol. The van der Waals surface area contributed by atoms with Crippen LogP contribution in [-0.4, -0.2) is 20.2 Å². The Morgan fingerprint density at radius 2 is 2.00 bits per heavy atom. The Bertz CT molecular complexity index is 1150. The van der Waals surface area contributed by atoms with Crippen molar-refractivity contribution in [3.63, 3.8) is 0 Å². The molecule has 26 heavy (non-hydrogen) atoms. The number of nitrogens with zero attached hydrogens (tertiary/aromatic N) is 2. The maximum atomic E-state index is 12.3. The van der Waals surface area contributed by atoms with Gasteiger partial charge >= 0.3 is 0 Å². The van der Waals surface area contributed by atoms with E-state index >= 15 is 0 Å². The van der Waals surface area contributed by atoms with Crippen LogP contribution in [0.15, 0.2) is 58.5 Å². The highest BCUT2D eigenvalue weighted by Gasteiger charge is 2.09. The highest BCUT2D eigenvalue weighted by atomic mass is 35.5. The highest BCUT2D eigenvalue weighted by molar-refractivity contribution is 7.98. The van der Waals surface area contributed by atoms with Crippen molar-refractivity contribution in [2.24, 2.45) is 0 Å². The van der Waals surface area contributed by atoms with Gasteiger partial charge in [0.25, 0.3) is 0 Å². The third kappa shape index (κ3) is 3.38. The minimum absolute atomic E-state index is 0.0488. The maximum Gasteiger partial charge on any atom is 0.209 e. The van der Waals surface area contributed by atoms with E-state index < -0.39 is 0 Å². The molecule has 0 atom stereocenters. The second-order valence-electron chi connectivity index (χ2n) is 5.95. The lowest BCUT2D eigenvalue weighted by molar-refractivity contribution is 0.972. The first kappa shape index (κ1) is 16.9. The first-order chi connectivity index (χ1) is 12.6. The Kier molecular flexibility index (Phi) is 4.53. The van der Waals surface area contributed by atoms with Crippen LogP contribution in [0.1, 0.15) is 11.3 Å². The number of aromatic nitrogens is 4. The van der Waals surface area contributed by atoms with Crippen LogP contribution in [0, 0.1) is 6.92 Å². The van der Waals surface area contributed by atoms with E-state index in [0.717, 1.165) is 17.1 Å². The molecule has 130 valence electrons. The van der Waals surface area contributed by atoms with Crippen LogP contribution in [0.3, 0.4) is 0 Å². The van der Waals surface area contributed by atoms with Crippen molar-refractivity contribution in [2.45, 2.75) is 17.8 Å². The predicted molar refractivity (Wildman–Crippen MR) is 106 cm³/mol. The largest absolute Gasteiger partial charge is 0.356 e. The van der Waals surface area contributed by atoms with Crippen LogP contribution < -0.4 is 5.43 Å². The summed E-state index contributed by atoms with van der Waals surface area (Å²) < 4.78 is 0. The number of halogens is 1. The lowest BCUT2D eigenvalue weighted by Gasteiger charge is -2.04. The minimum Gasteiger partial charge on any atom is -0.356 e. The summed E-state index contributed by atoms with van der Waals surface area (Å²) >= 11 is 7.65. The van der Waals surface area contributed by atoms with Crippen LogP contribution in [0.5, 0.6) is 0 Å². The van der Waals surface area contributed by atoms with Crippen molar-refractivity contribution in [1.29, 1.82) is 0 Å². The van der Waals surface area contributed by atoms with Gasteiger partial charge in [0.05, 0.1) is 10.5 Å². The van der Waals surface area contributed by atoms with E-state index in [1.165, 1.54) is 17.3 Å². The molecule has 5 nitrogen and oxygen atoms in total. The van der Waals surface area contributed by atoms with Gasteiger partial charge in [0.1, 0.15) is 0 Å². The molecule has 0 spiro atoms. The number of benzene rings is 2. The van der Waals surface area contributed by atoms with E-state index in [4.69, 9.17) is 11.6 Å². The minimum atomic E-state index is -0.0488.